The molecule has 3 aliphatic rings. The molecule has 0 spiro atoms. The largest absolute Gasteiger partial charge is 0.370 e. The van der Waals surface area contributed by atoms with Crippen molar-refractivity contribution in [1.29, 1.82) is 0 Å². The van der Waals surface area contributed by atoms with Gasteiger partial charge in [-0.05, 0) is 50.5 Å². The Bertz CT molecular complexity index is 343. The van der Waals surface area contributed by atoms with Crippen molar-refractivity contribution in [2.45, 2.75) is 45.1 Å². The van der Waals surface area contributed by atoms with Crippen LogP contribution in [0.2, 0.25) is 0 Å². The molecule has 3 fully saturated rings. The van der Waals surface area contributed by atoms with Gasteiger partial charge in [-0.25, -0.2) is 0 Å². The smallest absolute Gasteiger partial charge is 0.191 e. The van der Waals surface area contributed by atoms with Crippen LogP contribution >= 0.6 is 24.0 Å². The highest BCUT2D eigenvalue weighted by Gasteiger charge is 2.34. The highest BCUT2D eigenvalue weighted by atomic mass is 127. The van der Waals surface area contributed by atoms with Gasteiger partial charge in [0.05, 0.1) is 0 Å². The van der Waals surface area contributed by atoms with E-state index in [9.17, 15) is 0 Å². The molecule has 2 N–H and O–H groups in total. The van der Waals surface area contributed by atoms with Gasteiger partial charge in [-0.15, -0.1) is 24.0 Å². The summed E-state index contributed by atoms with van der Waals surface area (Å²) in [4.78, 5) is 9.60. The van der Waals surface area contributed by atoms with E-state index in [0.717, 1.165) is 43.5 Å². The van der Waals surface area contributed by atoms with Crippen molar-refractivity contribution in [2.75, 3.05) is 32.7 Å². The SMILES string of the molecule is CC1CCCN(C(N)=NCC2CCN(C3CC3)C2)C1.I. The zero-order chi connectivity index (χ0) is 13.2. The van der Waals surface area contributed by atoms with E-state index in [2.05, 4.69) is 21.7 Å². The van der Waals surface area contributed by atoms with Crippen LogP contribution in [-0.4, -0.2) is 54.5 Å². The van der Waals surface area contributed by atoms with E-state index in [1.807, 2.05) is 0 Å². The molecule has 0 aromatic rings. The first-order chi connectivity index (χ1) is 9.22. The minimum atomic E-state index is 0. The van der Waals surface area contributed by atoms with E-state index in [0.29, 0.717) is 0 Å². The Labute approximate surface area is 140 Å². The summed E-state index contributed by atoms with van der Waals surface area (Å²) in [5.41, 5.74) is 6.16. The molecule has 2 unspecified atom stereocenters. The highest BCUT2D eigenvalue weighted by molar-refractivity contribution is 14.0. The summed E-state index contributed by atoms with van der Waals surface area (Å²) in [6, 6.07) is 0.911. The molecule has 2 heterocycles. The predicted octanol–water partition coefficient (Wildman–Crippen LogP) is 2.14. The first-order valence-corrected chi connectivity index (χ1v) is 8.01. The van der Waals surface area contributed by atoms with Crippen molar-refractivity contribution in [1.82, 2.24) is 9.80 Å². The van der Waals surface area contributed by atoms with E-state index >= 15 is 0 Å². The maximum Gasteiger partial charge on any atom is 0.191 e. The van der Waals surface area contributed by atoms with Gasteiger partial charge in [0.25, 0.3) is 0 Å². The molecule has 20 heavy (non-hydrogen) atoms. The number of guanidine groups is 1. The van der Waals surface area contributed by atoms with Gasteiger partial charge < -0.3 is 15.5 Å². The lowest BCUT2D eigenvalue weighted by Gasteiger charge is -2.31. The Kier molecular flexibility index (Phi) is 5.95. The second kappa shape index (κ2) is 7.29. The minimum absolute atomic E-state index is 0. The van der Waals surface area contributed by atoms with E-state index in [1.54, 1.807) is 0 Å². The van der Waals surface area contributed by atoms with Crippen LogP contribution in [0.1, 0.15) is 39.0 Å². The van der Waals surface area contributed by atoms with E-state index in [1.165, 1.54) is 45.2 Å². The summed E-state index contributed by atoms with van der Waals surface area (Å²) in [6.07, 6.45) is 6.75. The molecule has 1 aliphatic carbocycles. The molecule has 116 valence electrons. The average Bonchev–Trinajstić information content (AvgIpc) is 3.15. The van der Waals surface area contributed by atoms with Crippen molar-refractivity contribution >= 4 is 29.9 Å². The lowest BCUT2D eigenvalue weighted by Crippen LogP contribution is -2.43. The first-order valence-electron chi connectivity index (χ1n) is 8.01. The maximum atomic E-state index is 6.16. The van der Waals surface area contributed by atoms with E-state index < -0.39 is 0 Å². The number of hydrogen-bond donors (Lipinski definition) is 1. The van der Waals surface area contributed by atoms with Gasteiger partial charge in [-0.1, -0.05) is 6.92 Å². The quantitative estimate of drug-likeness (QED) is 0.455. The van der Waals surface area contributed by atoms with Gasteiger partial charge in [0, 0.05) is 32.2 Å². The summed E-state index contributed by atoms with van der Waals surface area (Å²) < 4.78 is 0. The molecule has 0 amide bonds. The Morgan fingerprint density at radius 1 is 1.15 bits per heavy atom. The maximum absolute atomic E-state index is 6.16. The zero-order valence-corrected chi connectivity index (χ0v) is 15.0. The van der Waals surface area contributed by atoms with Crippen molar-refractivity contribution in [3.05, 3.63) is 0 Å². The lowest BCUT2D eigenvalue weighted by molar-refractivity contribution is 0.269. The van der Waals surface area contributed by atoms with Crippen LogP contribution in [0, 0.1) is 11.8 Å². The molecule has 4 nitrogen and oxygen atoms in total. The summed E-state index contributed by atoms with van der Waals surface area (Å²) in [6.45, 7) is 7.96. The van der Waals surface area contributed by atoms with Crippen LogP contribution in [0.3, 0.4) is 0 Å². The normalized spacial score (nSPS) is 32.2. The summed E-state index contributed by atoms with van der Waals surface area (Å²) in [5, 5.41) is 0. The van der Waals surface area contributed by atoms with Crippen molar-refractivity contribution in [3.63, 3.8) is 0 Å². The van der Waals surface area contributed by atoms with Crippen LogP contribution in [0.4, 0.5) is 0 Å². The molecule has 2 aliphatic heterocycles. The van der Waals surface area contributed by atoms with Crippen molar-refractivity contribution in [3.8, 4) is 0 Å². The molecular formula is C15H29IN4. The second-order valence-electron chi connectivity index (χ2n) is 6.77. The molecule has 2 atom stereocenters. The first kappa shape index (κ1) is 16.3. The van der Waals surface area contributed by atoms with E-state index in [4.69, 9.17) is 5.73 Å². The summed E-state index contributed by atoms with van der Waals surface area (Å²) in [7, 11) is 0. The molecule has 0 aromatic carbocycles. The zero-order valence-electron chi connectivity index (χ0n) is 12.6. The minimum Gasteiger partial charge on any atom is -0.370 e. The van der Waals surface area contributed by atoms with Gasteiger partial charge in [-0.2, -0.15) is 0 Å². The van der Waals surface area contributed by atoms with Gasteiger partial charge in [-0.3, -0.25) is 4.99 Å². The van der Waals surface area contributed by atoms with Crippen LogP contribution in [0.5, 0.6) is 0 Å². The average molecular weight is 392 g/mol. The molecule has 1 saturated carbocycles. The van der Waals surface area contributed by atoms with Crippen molar-refractivity contribution < 1.29 is 0 Å². The lowest BCUT2D eigenvalue weighted by atomic mass is 10.0. The fourth-order valence-corrected chi connectivity index (χ4v) is 3.50. The van der Waals surface area contributed by atoms with Gasteiger partial charge >= 0.3 is 0 Å². The molecule has 5 heteroatoms. The Morgan fingerprint density at radius 3 is 2.65 bits per heavy atom. The Balaban J connectivity index is 0.00000147. The number of nitrogens with zero attached hydrogens (tertiary/aromatic N) is 3. The molecule has 0 radical (unpaired) electrons. The third-order valence-electron chi connectivity index (χ3n) is 4.87. The number of aliphatic imine (C=N–C) groups is 1. The Morgan fingerprint density at radius 2 is 1.95 bits per heavy atom. The summed E-state index contributed by atoms with van der Waals surface area (Å²) in [5.74, 6) is 2.29. The van der Waals surface area contributed by atoms with Crippen LogP contribution in [0.25, 0.3) is 0 Å². The molecule has 2 saturated heterocycles. The number of piperidine rings is 1. The van der Waals surface area contributed by atoms with Crippen LogP contribution in [-0.2, 0) is 0 Å². The topological polar surface area (TPSA) is 44.9 Å². The fourth-order valence-electron chi connectivity index (χ4n) is 3.50. The van der Waals surface area contributed by atoms with Gasteiger partial charge in [0.1, 0.15) is 0 Å². The molecule has 0 aromatic heterocycles. The number of rotatable bonds is 3. The number of nitrogens with two attached hydrogens (primary N) is 1. The Hall–Kier alpha value is -0.0400. The van der Waals surface area contributed by atoms with Crippen LogP contribution in [0.15, 0.2) is 4.99 Å². The fraction of sp³-hybridized carbons (Fsp3) is 0.933. The van der Waals surface area contributed by atoms with Gasteiger partial charge in [0.2, 0.25) is 0 Å². The number of likely N-dealkylation sites (tertiary alicyclic amines) is 2. The second-order valence-corrected chi connectivity index (χ2v) is 6.77. The number of halogens is 1. The van der Waals surface area contributed by atoms with Crippen molar-refractivity contribution in [2.24, 2.45) is 22.6 Å². The van der Waals surface area contributed by atoms with Gasteiger partial charge in [0.15, 0.2) is 5.96 Å². The standard InChI is InChI=1S/C15H28N4.HI/c1-12-3-2-7-19(10-12)15(16)17-9-13-6-8-18(11-13)14-4-5-14;/h12-14H,2-11H2,1H3,(H2,16,17);1H. The summed E-state index contributed by atoms with van der Waals surface area (Å²) >= 11 is 0. The molecule has 0 bridgehead atoms. The molecule has 3 rings (SSSR count). The third-order valence-corrected chi connectivity index (χ3v) is 4.87. The third kappa shape index (κ3) is 4.23. The monoisotopic (exact) mass is 392 g/mol. The molecular weight excluding hydrogens is 363 g/mol. The van der Waals surface area contributed by atoms with E-state index in [-0.39, 0.29) is 24.0 Å². The highest BCUT2D eigenvalue weighted by Crippen LogP contribution is 2.31. The van der Waals surface area contributed by atoms with Crippen LogP contribution < -0.4 is 5.73 Å². The number of hydrogen-bond acceptors (Lipinski definition) is 2. The predicted molar refractivity (Wildman–Crippen MR) is 94.6 cm³/mol.